The maximum Gasteiger partial charge on any atom is 0.522 e. The van der Waals surface area contributed by atoms with E-state index < -0.39 is 36.7 Å². The fraction of sp³-hybridized carbons (Fsp3) is 0.639. The van der Waals surface area contributed by atoms with Crippen LogP contribution in [0.5, 0.6) is 0 Å². The van der Waals surface area contributed by atoms with Crippen molar-refractivity contribution < 1.29 is 40.6 Å². The van der Waals surface area contributed by atoms with E-state index in [1.54, 1.807) is 14.0 Å². The molecule has 0 spiro atoms. The molecule has 1 unspecified atom stereocenters. The van der Waals surface area contributed by atoms with Crippen molar-refractivity contribution >= 4 is 5.97 Å². The fourth-order valence-electron chi connectivity index (χ4n) is 7.40. The van der Waals surface area contributed by atoms with Gasteiger partial charge >= 0.3 is 12.3 Å². The molecule has 2 fully saturated rings. The molecule has 5 nitrogen and oxygen atoms in total. The van der Waals surface area contributed by atoms with Crippen LogP contribution in [-0.4, -0.2) is 68.1 Å². The SMILES string of the molecule is CCOC(=O)C(c1cccc(C)c1C1CCC(OC(F)(F)F)CC1)N(C)CC[C@@H](CCN1CCCCC1)c1cc(C(F)F)ccc1F. The maximum atomic E-state index is 15.2. The third-order valence-corrected chi connectivity index (χ3v) is 9.77. The van der Waals surface area contributed by atoms with Crippen molar-refractivity contribution in [1.29, 1.82) is 0 Å². The summed E-state index contributed by atoms with van der Waals surface area (Å²) in [4.78, 5) is 17.8. The molecule has 262 valence electrons. The molecule has 47 heavy (non-hydrogen) atoms. The van der Waals surface area contributed by atoms with Crippen LogP contribution in [-0.2, 0) is 14.3 Å². The van der Waals surface area contributed by atoms with Crippen LogP contribution >= 0.6 is 0 Å². The molecule has 1 aliphatic carbocycles. The van der Waals surface area contributed by atoms with E-state index in [-0.39, 0.29) is 42.4 Å². The number of likely N-dealkylation sites (N-methyl/N-ethyl adjacent to an activating group) is 1. The minimum atomic E-state index is -4.68. The smallest absolute Gasteiger partial charge is 0.465 e. The number of esters is 1. The monoisotopic (exact) mass is 670 g/mol. The lowest BCUT2D eigenvalue weighted by molar-refractivity contribution is -0.345. The van der Waals surface area contributed by atoms with Crippen LogP contribution < -0.4 is 0 Å². The Morgan fingerprint density at radius 3 is 2.34 bits per heavy atom. The molecule has 1 heterocycles. The van der Waals surface area contributed by atoms with Crippen LogP contribution in [0.3, 0.4) is 0 Å². The number of carbonyl (C=O) groups excluding carboxylic acids is 1. The number of benzene rings is 2. The Labute approximate surface area is 274 Å². The van der Waals surface area contributed by atoms with Crippen molar-refractivity contribution in [2.45, 2.75) is 108 Å². The highest BCUT2D eigenvalue weighted by Gasteiger charge is 2.37. The molecule has 1 saturated carbocycles. The topological polar surface area (TPSA) is 42.0 Å². The summed E-state index contributed by atoms with van der Waals surface area (Å²) in [7, 11) is 1.80. The zero-order chi connectivity index (χ0) is 34.1. The quantitative estimate of drug-likeness (QED) is 0.148. The zero-order valence-corrected chi connectivity index (χ0v) is 27.6. The Hall–Kier alpha value is -2.63. The molecule has 1 aliphatic heterocycles. The number of halogens is 6. The summed E-state index contributed by atoms with van der Waals surface area (Å²) in [6.45, 7) is 6.81. The fourth-order valence-corrected chi connectivity index (χ4v) is 7.40. The van der Waals surface area contributed by atoms with Gasteiger partial charge < -0.3 is 9.64 Å². The van der Waals surface area contributed by atoms with Gasteiger partial charge in [-0.15, -0.1) is 13.2 Å². The van der Waals surface area contributed by atoms with Gasteiger partial charge in [0.05, 0.1) is 12.7 Å². The van der Waals surface area contributed by atoms with Gasteiger partial charge in [0.1, 0.15) is 11.9 Å². The lowest BCUT2D eigenvalue weighted by Gasteiger charge is -2.35. The van der Waals surface area contributed by atoms with E-state index in [0.717, 1.165) is 61.3 Å². The van der Waals surface area contributed by atoms with Crippen molar-refractivity contribution in [3.05, 3.63) is 70.0 Å². The normalized spacial score (nSPS) is 20.8. The van der Waals surface area contributed by atoms with E-state index in [1.165, 1.54) is 12.5 Å². The third-order valence-electron chi connectivity index (χ3n) is 9.77. The van der Waals surface area contributed by atoms with Gasteiger partial charge in [-0.25, -0.2) is 18.0 Å². The summed E-state index contributed by atoms with van der Waals surface area (Å²) in [6.07, 6.45) is -2.46. The van der Waals surface area contributed by atoms with Crippen LogP contribution in [0.25, 0.3) is 0 Å². The Kier molecular flexibility index (Phi) is 13.6. The number of hydrogen-bond donors (Lipinski definition) is 0. The van der Waals surface area contributed by atoms with Crippen LogP contribution in [0.4, 0.5) is 26.3 Å². The molecule has 11 heteroatoms. The second kappa shape index (κ2) is 17.2. The number of ether oxygens (including phenoxy) is 2. The Morgan fingerprint density at radius 1 is 1.00 bits per heavy atom. The van der Waals surface area contributed by atoms with Gasteiger partial charge in [-0.05, 0) is 145 Å². The number of rotatable bonds is 14. The van der Waals surface area contributed by atoms with Crippen molar-refractivity contribution in [3.8, 4) is 0 Å². The summed E-state index contributed by atoms with van der Waals surface area (Å²) in [5.74, 6) is -1.39. The van der Waals surface area contributed by atoms with Crippen LogP contribution in [0.1, 0.15) is 117 Å². The number of carbonyl (C=O) groups is 1. The van der Waals surface area contributed by atoms with Crippen molar-refractivity contribution in [1.82, 2.24) is 9.80 Å². The average Bonchev–Trinajstić information content (AvgIpc) is 3.02. The van der Waals surface area contributed by atoms with Gasteiger partial charge in [-0.3, -0.25) is 9.64 Å². The highest BCUT2D eigenvalue weighted by molar-refractivity contribution is 5.78. The largest absolute Gasteiger partial charge is 0.522 e. The van der Waals surface area contributed by atoms with Crippen molar-refractivity contribution in [3.63, 3.8) is 0 Å². The third kappa shape index (κ3) is 10.4. The molecule has 2 aromatic carbocycles. The van der Waals surface area contributed by atoms with Gasteiger partial charge in [0.2, 0.25) is 0 Å². The van der Waals surface area contributed by atoms with Gasteiger partial charge in [-0.1, -0.05) is 30.7 Å². The number of nitrogens with zero attached hydrogens (tertiary/aromatic N) is 2. The number of aryl methyl sites for hydroxylation is 1. The predicted octanol–water partition coefficient (Wildman–Crippen LogP) is 9.22. The average molecular weight is 671 g/mol. The molecule has 2 aliphatic rings. The predicted molar refractivity (Wildman–Crippen MR) is 169 cm³/mol. The number of alkyl halides is 5. The Balaban J connectivity index is 1.58. The molecule has 0 radical (unpaired) electrons. The van der Waals surface area contributed by atoms with Crippen LogP contribution in [0.2, 0.25) is 0 Å². The van der Waals surface area contributed by atoms with Gasteiger partial charge in [0.15, 0.2) is 0 Å². The van der Waals surface area contributed by atoms with Crippen LogP contribution in [0.15, 0.2) is 36.4 Å². The second-order valence-electron chi connectivity index (χ2n) is 13.0. The number of hydrogen-bond acceptors (Lipinski definition) is 5. The lowest BCUT2D eigenvalue weighted by Crippen LogP contribution is -2.36. The molecule has 2 aromatic rings. The van der Waals surface area contributed by atoms with E-state index >= 15 is 4.39 Å². The summed E-state index contributed by atoms with van der Waals surface area (Å²) in [5.41, 5.74) is 2.65. The summed E-state index contributed by atoms with van der Waals surface area (Å²) in [6, 6.07) is 8.38. The first-order valence-corrected chi connectivity index (χ1v) is 16.9. The molecule has 4 rings (SSSR count). The minimum Gasteiger partial charge on any atom is -0.465 e. The van der Waals surface area contributed by atoms with E-state index in [2.05, 4.69) is 9.64 Å². The standard InChI is InChI=1S/C36H48F6N2O3/c1-4-46-35(45)33(29-10-8-9-24(2)32(29)26-11-14-28(15-12-26)47-36(40,41)42)43(3)21-17-25(18-22-44-19-6-5-7-20-44)30-23-27(34(38)39)13-16-31(30)37/h8-10,13,16,23,25-26,28,33-34H,4-7,11-12,14-15,17-22H2,1-3H3/t25-,26?,28?,33?/m0/s1. The van der Waals surface area contributed by atoms with Crippen LogP contribution in [0, 0.1) is 12.7 Å². The molecular formula is C36H48F6N2O3. The second-order valence-corrected chi connectivity index (χ2v) is 13.0. The summed E-state index contributed by atoms with van der Waals surface area (Å²) < 4.78 is 91.0. The first-order chi connectivity index (χ1) is 22.4. The van der Waals surface area contributed by atoms with Gasteiger partial charge in [0.25, 0.3) is 6.43 Å². The van der Waals surface area contributed by atoms with E-state index in [1.807, 2.05) is 30.0 Å². The first-order valence-electron chi connectivity index (χ1n) is 16.9. The molecule has 0 amide bonds. The molecule has 0 N–H and O–H groups in total. The molecule has 0 bridgehead atoms. The van der Waals surface area contributed by atoms with E-state index in [0.29, 0.717) is 32.2 Å². The maximum absolute atomic E-state index is 15.2. The number of likely N-dealkylation sites (tertiary alicyclic amines) is 1. The van der Waals surface area contributed by atoms with Crippen molar-refractivity contribution in [2.75, 3.05) is 39.8 Å². The molecule has 2 atom stereocenters. The van der Waals surface area contributed by atoms with E-state index in [4.69, 9.17) is 4.74 Å². The minimum absolute atomic E-state index is 0.0620. The molecule has 1 saturated heterocycles. The highest BCUT2D eigenvalue weighted by Crippen LogP contribution is 2.42. The zero-order valence-electron chi connectivity index (χ0n) is 27.6. The van der Waals surface area contributed by atoms with E-state index in [9.17, 15) is 26.7 Å². The van der Waals surface area contributed by atoms with Gasteiger partial charge in [-0.2, -0.15) is 0 Å². The Morgan fingerprint density at radius 2 is 1.70 bits per heavy atom. The van der Waals surface area contributed by atoms with Crippen molar-refractivity contribution in [2.24, 2.45) is 0 Å². The summed E-state index contributed by atoms with van der Waals surface area (Å²) in [5, 5.41) is 0. The first kappa shape index (κ1) is 37.2. The summed E-state index contributed by atoms with van der Waals surface area (Å²) >= 11 is 0. The Bertz CT molecular complexity index is 1290. The van der Waals surface area contributed by atoms with Gasteiger partial charge in [0, 0.05) is 5.56 Å². The number of piperidine rings is 1. The highest BCUT2D eigenvalue weighted by atomic mass is 19.4. The lowest BCUT2D eigenvalue weighted by atomic mass is 9.77. The molecule has 0 aromatic heterocycles. The molecular weight excluding hydrogens is 622 g/mol.